The number of fused-ring (bicyclic) bond motifs is 2. The smallest absolute Gasteiger partial charge is 0.315 e. The Morgan fingerprint density at radius 1 is 1.04 bits per heavy atom. The molecule has 0 aliphatic carbocycles. The summed E-state index contributed by atoms with van der Waals surface area (Å²) < 4.78 is 13.3. The van der Waals surface area contributed by atoms with Gasteiger partial charge in [0.1, 0.15) is 5.82 Å². The largest absolute Gasteiger partial charge is 0.326 e. The van der Waals surface area contributed by atoms with E-state index in [0.29, 0.717) is 31.5 Å². The van der Waals surface area contributed by atoms with Crippen molar-refractivity contribution in [3.05, 3.63) is 53.3 Å². The average molecular weight is 339 g/mol. The van der Waals surface area contributed by atoms with E-state index in [1.165, 1.54) is 12.1 Å². The quantitative estimate of drug-likeness (QED) is 0.866. The fourth-order valence-electron chi connectivity index (χ4n) is 3.51. The lowest BCUT2D eigenvalue weighted by atomic mass is 10.0. The van der Waals surface area contributed by atoms with Crippen molar-refractivity contribution in [3.8, 4) is 0 Å². The average Bonchev–Trinajstić information content (AvgIpc) is 3.01. The summed E-state index contributed by atoms with van der Waals surface area (Å²) in [5.41, 5.74) is 4.23. The lowest BCUT2D eigenvalue weighted by Crippen LogP contribution is -2.34. The fourth-order valence-corrected chi connectivity index (χ4v) is 3.51. The Balaban J connectivity index is 1.54. The first kappa shape index (κ1) is 15.6. The first-order valence-corrected chi connectivity index (χ1v) is 8.29. The zero-order chi connectivity index (χ0) is 17.6. The van der Waals surface area contributed by atoms with Gasteiger partial charge in [-0.1, -0.05) is 0 Å². The molecule has 2 aromatic carbocycles. The molecule has 25 heavy (non-hydrogen) atoms. The monoisotopic (exact) mass is 339 g/mol. The highest BCUT2D eigenvalue weighted by atomic mass is 19.1. The van der Waals surface area contributed by atoms with Gasteiger partial charge in [-0.2, -0.15) is 0 Å². The van der Waals surface area contributed by atoms with Crippen LogP contribution in [0, 0.1) is 5.82 Å². The van der Waals surface area contributed by atoms with Gasteiger partial charge in [-0.25, -0.2) is 9.18 Å². The predicted molar refractivity (Wildman–Crippen MR) is 94.6 cm³/mol. The molecule has 0 atom stereocenters. The number of hydrogen-bond donors (Lipinski definition) is 1. The molecule has 0 fully saturated rings. The summed E-state index contributed by atoms with van der Waals surface area (Å²) in [6.45, 7) is 0.535. The molecule has 1 N–H and O–H groups in total. The number of urea groups is 1. The van der Waals surface area contributed by atoms with E-state index in [0.717, 1.165) is 22.5 Å². The van der Waals surface area contributed by atoms with Gasteiger partial charge in [0.25, 0.3) is 0 Å². The second-order valence-corrected chi connectivity index (χ2v) is 6.40. The fraction of sp³-hybridized carbons (Fsp3) is 0.263. The van der Waals surface area contributed by atoms with Gasteiger partial charge in [-0.15, -0.1) is 0 Å². The highest BCUT2D eigenvalue weighted by Crippen LogP contribution is 2.31. The van der Waals surface area contributed by atoms with Crippen molar-refractivity contribution in [2.24, 2.45) is 0 Å². The van der Waals surface area contributed by atoms with Crippen LogP contribution in [0.15, 0.2) is 36.4 Å². The molecule has 128 valence electrons. The third kappa shape index (κ3) is 2.73. The van der Waals surface area contributed by atoms with Crippen molar-refractivity contribution < 1.29 is 14.0 Å². The Morgan fingerprint density at radius 2 is 1.80 bits per heavy atom. The summed E-state index contributed by atoms with van der Waals surface area (Å²) in [7, 11) is 1.76. The van der Waals surface area contributed by atoms with Crippen LogP contribution >= 0.6 is 0 Å². The van der Waals surface area contributed by atoms with Crippen molar-refractivity contribution in [2.75, 3.05) is 28.7 Å². The Bertz CT molecular complexity index is 881. The van der Waals surface area contributed by atoms with E-state index >= 15 is 0 Å². The molecular formula is C19H18FN3O2. The van der Waals surface area contributed by atoms with Crippen LogP contribution in [0.25, 0.3) is 0 Å². The highest BCUT2D eigenvalue weighted by Gasteiger charge is 2.26. The molecule has 2 aliphatic rings. The molecule has 2 heterocycles. The van der Waals surface area contributed by atoms with Gasteiger partial charge >= 0.3 is 6.03 Å². The molecule has 0 unspecified atom stereocenters. The third-order valence-electron chi connectivity index (χ3n) is 4.86. The van der Waals surface area contributed by atoms with Crippen LogP contribution in [0.1, 0.15) is 17.5 Å². The van der Waals surface area contributed by atoms with E-state index in [4.69, 9.17) is 0 Å². The number of halogens is 1. The summed E-state index contributed by atoms with van der Waals surface area (Å²) in [4.78, 5) is 27.6. The van der Waals surface area contributed by atoms with Gasteiger partial charge in [0, 0.05) is 37.1 Å². The third-order valence-corrected chi connectivity index (χ3v) is 4.86. The topological polar surface area (TPSA) is 52.7 Å². The number of benzene rings is 2. The molecule has 0 aromatic heterocycles. The van der Waals surface area contributed by atoms with Gasteiger partial charge < -0.3 is 10.2 Å². The maximum Gasteiger partial charge on any atom is 0.326 e. The molecule has 5 nitrogen and oxygen atoms in total. The maximum absolute atomic E-state index is 13.3. The molecule has 0 saturated carbocycles. The zero-order valence-electron chi connectivity index (χ0n) is 13.9. The summed E-state index contributed by atoms with van der Waals surface area (Å²) in [5, 5.41) is 2.91. The molecule has 6 heteroatoms. The molecule has 2 aliphatic heterocycles. The molecule has 0 radical (unpaired) electrons. The molecule has 3 amide bonds. The van der Waals surface area contributed by atoms with E-state index in [-0.39, 0.29) is 17.8 Å². The lowest BCUT2D eigenvalue weighted by Gasteiger charge is -2.26. The van der Waals surface area contributed by atoms with Crippen LogP contribution in [0.2, 0.25) is 0 Å². The van der Waals surface area contributed by atoms with E-state index in [9.17, 15) is 14.0 Å². The van der Waals surface area contributed by atoms with Crippen molar-refractivity contribution >= 4 is 29.0 Å². The first-order valence-electron chi connectivity index (χ1n) is 8.29. The summed E-state index contributed by atoms with van der Waals surface area (Å²) in [6.07, 6.45) is 1.80. The number of hydrogen-bond acceptors (Lipinski definition) is 2. The Kier molecular flexibility index (Phi) is 3.67. The van der Waals surface area contributed by atoms with Crippen molar-refractivity contribution in [1.29, 1.82) is 0 Å². The van der Waals surface area contributed by atoms with E-state index in [1.807, 2.05) is 12.1 Å². The Labute approximate surface area is 145 Å². The van der Waals surface area contributed by atoms with Crippen LogP contribution < -0.4 is 15.1 Å². The minimum absolute atomic E-state index is 0.102. The number of nitrogens with zero attached hydrogens (tertiary/aromatic N) is 2. The Morgan fingerprint density at radius 3 is 2.64 bits per heavy atom. The maximum atomic E-state index is 13.3. The van der Waals surface area contributed by atoms with Gasteiger partial charge in [0.15, 0.2) is 0 Å². The van der Waals surface area contributed by atoms with Gasteiger partial charge in [-0.05, 0) is 60.4 Å². The highest BCUT2D eigenvalue weighted by molar-refractivity contribution is 6.03. The first-order chi connectivity index (χ1) is 12.0. The minimum atomic E-state index is -0.283. The standard InChI is InChI=1S/C19H18FN3O2/c1-22-16-6-4-15(11-12(16)2-7-18(22)24)21-19(25)23-9-8-13-10-14(20)3-5-17(13)23/h3-6,10-11H,2,7-9H2,1H3,(H,21,25). The predicted octanol–water partition coefficient (Wildman–Crippen LogP) is 3.33. The van der Waals surface area contributed by atoms with Gasteiger partial charge in [0.2, 0.25) is 5.91 Å². The van der Waals surface area contributed by atoms with Crippen molar-refractivity contribution in [2.45, 2.75) is 19.3 Å². The number of anilines is 3. The lowest BCUT2D eigenvalue weighted by molar-refractivity contribution is -0.118. The van der Waals surface area contributed by atoms with E-state index < -0.39 is 0 Å². The minimum Gasteiger partial charge on any atom is -0.315 e. The normalized spacial score (nSPS) is 15.8. The number of aryl methyl sites for hydroxylation is 1. The van der Waals surface area contributed by atoms with E-state index in [2.05, 4.69) is 5.32 Å². The molecule has 0 saturated heterocycles. The number of carbonyl (C=O) groups excluding carboxylic acids is 2. The number of amides is 3. The van der Waals surface area contributed by atoms with Crippen LogP contribution in [-0.4, -0.2) is 25.5 Å². The molecular weight excluding hydrogens is 321 g/mol. The second kappa shape index (κ2) is 5.88. The summed E-state index contributed by atoms with van der Waals surface area (Å²) >= 11 is 0. The SMILES string of the molecule is CN1C(=O)CCc2cc(NC(=O)N3CCc4cc(F)ccc43)ccc21. The molecule has 0 spiro atoms. The summed E-state index contributed by atoms with van der Waals surface area (Å²) in [5.74, 6) is -0.181. The van der Waals surface area contributed by atoms with Gasteiger partial charge in [0.05, 0.1) is 0 Å². The van der Waals surface area contributed by atoms with Gasteiger partial charge in [-0.3, -0.25) is 9.69 Å². The summed E-state index contributed by atoms with van der Waals surface area (Å²) in [6, 6.07) is 9.83. The van der Waals surface area contributed by atoms with Crippen LogP contribution in [0.5, 0.6) is 0 Å². The van der Waals surface area contributed by atoms with Crippen molar-refractivity contribution in [3.63, 3.8) is 0 Å². The van der Waals surface area contributed by atoms with Crippen molar-refractivity contribution in [1.82, 2.24) is 0 Å². The second-order valence-electron chi connectivity index (χ2n) is 6.40. The molecule has 4 rings (SSSR count). The van der Waals surface area contributed by atoms with Crippen LogP contribution in [0.4, 0.5) is 26.2 Å². The zero-order valence-corrected chi connectivity index (χ0v) is 13.9. The van der Waals surface area contributed by atoms with Crippen LogP contribution in [-0.2, 0) is 17.6 Å². The molecule has 0 bridgehead atoms. The Hall–Kier alpha value is -2.89. The number of carbonyl (C=O) groups is 2. The van der Waals surface area contributed by atoms with Crippen LogP contribution in [0.3, 0.4) is 0 Å². The number of nitrogens with one attached hydrogen (secondary N) is 1. The number of rotatable bonds is 1. The van der Waals surface area contributed by atoms with E-state index in [1.54, 1.807) is 29.0 Å². The molecule has 2 aromatic rings.